The maximum absolute atomic E-state index is 14.7. The Hall–Kier alpha value is -3.16. The van der Waals surface area contributed by atoms with Gasteiger partial charge in [0.15, 0.2) is 0 Å². The van der Waals surface area contributed by atoms with Crippen LogP contribution in [-0.4, -0.2) is 53.2 Å². The fourth-order valence-corrected chi connectivity index (χ4v) is 4.42. The Balaban J connectivity index is 1.61. The monoisotopic (exact) mass is 415 g/mol. The first-order chi connectivity index (χ1) is 14.4. The van der Waals surface area contributed by atoms with E-state index < -0.39 is 23.8 Å². The first-order valence-corrected chi connectivity index (χ1v) is 9.99. The summed E-state index contributed by atoms with van der Waals surface area (Å²) in [5.74, 6) is -1.30. The third kappa shape index (κ3) is 3.94. The van der Waals surface area contributed by atoms with Crippen molar-refractivity contribution < 1.29 is 23.5 Å². The molecule has 3 amide bonds. The van der Waals surface area contributed by atoms with Gasteiger partial charge < -0.3 is 20.2 Å². The minimum atomic E-state index is -1.08. The number of nitrogens with zero attached hydrogens (tertiary/aromatic N) is 2. The fourth-order valence-electron chi connectivity index (χ4n) is 4.42. The summed E-state index contributed by atoms with van der Waals surface area (Å²) in [6.45, 7) is 1.67. The molecule has 2 aliphatic rings. The zero-order chi connectivity index (χ0) is 21.3. The van der Waals surface area contributed by atoms with Gasteiger partial charge in [-0.05, 0) is 36.0 Å². The number of hydrogen-bond donors (Lipinski definition) is 2. The summed E-state index contributed by atoms with van der Waals surface area (Å²) in [7, 11) is 0. The number of amides is 3. The van der Waals surface area contributed by atoms with Crippen molar-refractivity contribution in [3.63, 3.8) is 0 Å². The molecule has 30 heavy (non-hydrogen) atoms. The van der Waals surface area contributed by atoms with Crippen LogP contribution in [-0.2, 0) is 6.42 Å². The smallest absolute Gasteiger partial charge is 0.404 e. The molecule has 158 valence electrons. The maximum Gasteiger partial charge on any atom is 0.404 e. The molecule has 0 bridgehead atoms. The molecule has 1 unspecified atom stereocenters. The fraction of sp³-hybridized carbons (Fsp3) is 0.364. The van der Waals surface area contributed by atoms with Crippen molar-refractivity contribution in [2.24, 2.45) is 5.92 Å². The molecule has 0 radical (unpaired) electrons. The molecule has 0 spiro atoms. The van der Waals surface area contributed by atoms with Crippen LogP contribution in [0.3, 0.4) is 0 Å². The molecule has 1 fully saturated rings. The van der Waals surface area contributed by atoms with Crippen LogP contribution in [0.4, 0.5) is 18.4 Å². The second-order valence-corrected chi connectivity index (χ2v) is 7.78. The Morgan fingerprint density at radius 1 is 1.10 bits per heavy atom. The zero-order valence-corrected chi connectivity index (χ0v) is 16.4. The van der Waals surface area contributed by atoms with E-state index in [2.05, 4.69) is 5.32 Å². The van der Waals surface area contributed by atoms with E-state index in [0.29, 0.717) is 32.5 Å². The summed E-state index contributed by atoms with van der Waals surface area (Å²) >= 11 is 0. The Bertz CT molecular complexity index is 968. The molecule has 8 heteroatoms. The van der Waals surface area contributed by atoms with Gasteiger partial charge in [-0.1, -0.05) is 30.3 Å². The standard InChI is InChI=1S/C22H23F2N3O3/c23-16-5-6-18(19(24)11-16)20-17-4-2-1-3-15(17)8-10-27(20)22(30)26-9-7-14(13-26)12-25-21(28)29/h1-6,11,14,20,25H,7-10,12-13H2,(H,28,29)/t14-,20?/m1/s1. The van der Waals surface area contributed by atoms with Gasteiger partial charge in [0, 0.05) is 37.8 Å². The molecule has 1 saturated heterocycles. The van der Waals surface area contributed by atoms with Crippen LogP contribution in [0.1, 0.15) is 29.2 Å². The number of carbonyl (C=O) groups is 2. The van der Waals surface area contributed by atoms with Gasteiger partial charge in [-0.25, -0.2) is 18.4 Å². The van der Waals surface area contributed by atoms with Crippen molar-refractivity contribution in [1.29, 1.82) is 0 Å². The lowest BCUT2D eigenvalue weighted by atomic mass is 9.88. The molecule has 2 aromatic rings. The first kappa shape index (κ1) is 20.1. The highest BCUT2D eigenvalue weighted by atomic mass is 19.1. The highest BCUT2D eigenvalue weighted by Gasteiger charge is 2.37. The van der Waals surface area contributed by atoms with Crippen LogP contribution in [0, 0.1) is 17.6 Å². The average molecular weight is 415 g/mol. The molecule has 2 aromatic carbocycles. The SMILES string of the molecule is O=C(O)NC[C@H]1CCN(C(=O)N2CCc3ccccc3C2c2ccc(F)cc2F)C1. The number of likely N-dealkylation sites (tertiary alicyclic amines) is 1. The summed E-state index contributed by atoms with van der Waals surface area (Å²) in [5.41, 5.74) is 2.14. The largest absolute Gasteiger partial charge is 0.465 e. The van der Waals surface area contributed by atoms with Gasteiger partial charge in [0.25, 0.3) is 0 Å². The van der Waals surface area contributed by atoms with Crippen molar-refractivity contribution in [2.45, 2.75) is 18.9 Å². The van der Waals surface area contributed by atoms with Gasteiger partial charge in [0.1, 0.15) is 11.6 Å². The molecule has 2 aliphatic heterocycles. The Kier molecular flexibility index (Phi) is 5.57. The lowest BCUT2D eigenvalue weighted by Gasteiger charge is -2.39. The van der Waals surface area contributed by atoms with Crippen LogP contribution >= 0.6 is 0 Å². The summed E-state index contributed by atoms with van der Waals surface area (Å²) in [4.78, 5) is 27.4. The van der Waals surface area contributed by atoms with Crippen LogP contribution in [0.15, 0.2) is 42.5 Å². The lowest BCUT2D eigenvalue weighted by molar-refractivity contribution is 0.144. The molecule has 0 aromatic heterocycles. The zero-order valence-electron chi connectivity index (χ0n) is 16.4. The van der Waals surface area contributed by atoms with Gasteiger partial charge in [-0.3, -0.25) is 0 Å². The second kappa shape index (κ2) is 8.30. The number of rotatable bonds is 3. The minimum Gasteiger partial charge on any atom is -0.465 e. The highest BCUT2D eigenvalue weighted by Crippen LogP contribution is 2.37. The van der Waals surface area contributed by atoms with E-state index in [1.54, 1.807) is 9.80 Å². The molecule has 0 aliphatic carbocycles. The van der Waals surface area contributed by atoms with Crippen molar-refractivity contribution in [2.75, 3.05) is 26.2 Å². The molecule has 4 rings (SSSR count). The van der Waals surface area contributed by atoms with E-state index >= 15 is 0 Å². The highest BCUT2D eigenvalue weighted by molar-refractivity contribution is 5.76. The van der Waals surface area contributed by atoms with Gasteiger partial charge >= 0.3 is 12.1 Å². The normalized spacial score (nSPS) is 20.7. The number of carboxylic acid groups (broad SMARTS) is 1. The number of carbonyl (C=O) groups excluding carboxylic acids is 1. The van der Waals surface area contributed by atoms with Gasteiger partial charge in [0.05, 0.1) is 6.04 Å². The number of benzene rings is 2. The predicted molar refractivity (Wildman–Crippen MR) is 106 cm³/mol. The van der Waals surface area contributed by atoms with Crippen molar-refractivity contribution in [1.82, 2.24) is 15.1 Å². The van der Waals surface area contributed by atoms with Crippen molar-refractivity contribution in [3.8, 4) is 0 Å². The van der Waals surface area contributed by atoms with Crippen LogP contribution in [0.2, 0.25) is 0 Å². The molecular formula is C22H23F2N3O3. The van der Waals surface area contributed by atoms with Crippen LogP contribution < -0.4 is 5.32 Å². The van der Waals surface area contributed by atoms with Crippen molar-refractivity contribution >= 4 is 12.1 Å². The van der Waals surface area contributed by atoms with Gasteiger partial charge in [-0.15, -0.1) is 0 Å². The molecule has 6 nitrogen and oxygen atoms in total. The number of urea groups is 1. The molecular weight excluding hydrogens is 392 g/mol. The maximum atomic E-state index is 14.7. The Labute approximate surface area is 173 Å². The summed E-state index contributed by atoms with van der Waals surface area (Å²) < 4.78 is 28.2. The quantitative estimate of drug-likeness (QED) is 0.804. The Morgan fingerprint density at radius 3 is 2.67 bits per heavy atom. The van der Waals surface area contributed by atoms with Gasteiger partial charge in [-0.2, -0.15) is 0 Å². The van der Waals surface area contributed by atoms with E-state index in [0.717, 1.165) is 17.2 Å². The molecule has 2 heterocycles. The molecule has 2 atom stereocenters. The third-order valence-electron chi connectivity index (χ3n) is 5.88. The molecule has 0 saturated carbocycles. The van der Waals surface area contributed by atoms with Crippen molar-refractivity contribution in [3.05, 3.63) is 70.8 Å². The van der Waals surface area contributed by atoms with E-state index in [4.69, 9.17) is 5.11 Å². The number of nitrogens with one attached hydrogen (secondary N) is 1. The van der Waals surface area contributed by atoms with Gasteiger partial charge in [0.2, 0.25) is 0 Å². The summed E-state index contributed by atoms with van der Waals surface area (Å²) in [5, 5.41) is 11.2. The minimum absolute atomic E-state index is 0.0446. The van der Waals surface area contributed by atoms with E-state index in [9.17, 15) is 18.4 Å². The third-order valence-corrected chi connectivity index (χ3v) is 5.88. The first-order valence-electron chi connectivity index (χ1n) is 9.99. The summed E-state index contributed by atoms with van der Waals surface area (Å²) in [6.07, 6.45) is 0.268. The van der Waals surface area contributed by atoms with E-state index in [-0.39, 0.29) is 24.1 Å². The van der Waals surface area contributed by atoms with Crippen LogP contribution in [0.25, 0.3) is 0 Å². The lowest BCUT2D eigenvalue weighted by Crippen LogP contribution is -2.47. The average Bonchev–Trinajstić information content (AvgIpc) is 3.20. The molecule has 2 N–H and O–H groups in total. The number of fused-ring (bicyclic) bond motifs is 1. The van der Waals surface area contributed by atoms with Crippen LogP contribution in [0.5, 0.6) is 0 Å². The predicted octanol–water partition coefficient (Wildman–Crippen LogP) is 3.62. The second-order valence-electron chi connectivity index (χ2n) is 7.78. The number of hydrogen-bond acceptors (Lipinski definition) is 2. The number of halogens is 2. The summed E-state index contributed by atoms with van der Waals surface area (Å²) in [6, 6.07) is 10.2. The van der Waals surface area contributed by atoms with E-state index in [1.807, 2.05) is 24.3 Å². The topological polar surface area (TPSA) is 72.9 Å². The Morgan fingerprint density at radius 2 is 1.90 bits per heavy atom. The van der Waals surface area contributed by atoms with E-state index in [1.165, 1.54) is 12.1 Å².